The van der Waals surface area contributed by atoms with E-state index in [1.165, 1.54) is 17.1 Å². The molecule has 0 N–H and O–H groups in total. The molecule has 0 spiro atoms. The Morgan fingerprint density at radius 3 is 2.73 bits per heavy atom. The van der Waals surface area contributed by atoms with E-state index in [9.17, 15) is 8.78 Å². The number of halogens is 2. The van der Waals surface area contributed by atoms with Gasteiger partial charge >= 0.3 is 0 Å². The third kappa shape index (κ3) is 0.931. The van der Waals surface area contributed by atoms with Gasteiger partial charge in [-0.3, -0.25) is 0 Å². The predicted octanol–water partition coefficient (Wildman–Crippen LogP) is 1.85. The Hall–Kier alpha value is -0.930. The molecule has 0 radical (unpaired) electrons. The van der Waals surface area contributed by atoms with Crippen LogP contribution in [0.25, 0.3) is 0 Å². The molecule has 1 unspecified atom stereocenters. The van der Waals surface area contributed by atoms with Gasteiger partial charge in [-0.2, -0.15) is 0 Å². The first kappa shape index (κ1) is 6.76. The molecule has 0 bridgehead atoms. The zero-order valence-electron chi connectivity index (χ0n) is 5.87. The number of nitrogens with zero attached hydrogens (tertiary/aromatic N) is 2. The lowest BCUT2D eigenvalue weighted by atomic mass is 9.88. The predicted molar refractivity (Wildman–Crippen MR) is 35.4 cm³/mol. The summed E-state index contributed by atoms with van der Waals surface area (Å²) in [5.74, 6) is -2.51. The number of rotatable bonds is 1. The van der Waals surface area contributed by atoms with E-state index in [0.29, 0.717) is 6.42 Å². The van der Waals surface area contributed by atoms with Crippen LogP contribution in [-0.2, 0) is 0 Å². The maximum Gasteiger partial charge on any atom is 0.268 e. The fourth-order valence-corrected chi connectivity index (χ4v) is 1.31. The number of imidazole rings is 1. The fraction of sp³-hybridized carbons (Fsp3) is 0.571. The standard InChI is InChI=1S/C7H8F2N2/c8-7(9)2-1-6(7)11-4-3-10-5-11/h3-6H,1-2H2. The van der Waals surface area contributed by atoms with Crippen LogP contribution < -0.4 is 0 Å². The molecule has 1 atom stereocenters. The van der Waals surface area contributed by atoms with Gasteiger partial charge in [-0.1, -0.05) is 0 Å². The molecule has 4 heteroatoms. The summed E-state index contributed by atoms with van der Waals surface area (Å²) < 4.78 is 26.9. The molecular weight excluding hydrogens is 150 g/mol. The van der Waals surface area contributed by atoms with Crippen LogP contribution in [0.15, 0.2) is 18.7 Å². The highest BCUT2D eigenvalue weighted by Crippen LogP contribution is 2.46. The Labute approximate surface area is 62.9 Å². The van der Waals surface area contributed by atoms with Crippen molar-refractivity contribution in [3.8, 4) is 0 Å². The van der Waals surface area contributed by atoms with Crippen LogP contribution in [0, 0.1) is 0 Å². The number of aromatic nitrogens is 2. The van der Waals surface area contributed by atoms with Gasteiger partial charge in [-0.25, -0.2) is 13.8 Å². The lowest BCUT2D eigenvalue weighted by Crippen LogP contribution is -2.39. The molecule has 1 aromatic heterocycles. The average Bonchev–Trinajstić information content (AvgIpc) is 2.38. The average molecular weight is 158 g/mol. The zero-order chi connectivity index (χ0) is 7.90. The van der Waals surface area contributed by atoms with Crippen molar-refractivity contribution in [3.63, 3.8) is 0 Å². The number of hydrogen-bond acceptors (Lipinski definition) is 1. The molecular formula is C7H8F2N2. The molecule has 60 valence electrons. The summed E-state index contributed by atoms with van der Waals surface area (Å²) in [6.07, 6.45) is 5.11. The van der Waals surface area contributed by atoms with E-state index in [1.54, 1.807) is 6.20 Å². The summed E-state index contributed by atoms with van der Waals surface area (Å²) >= 11 is 0. The smallest absolute Gasteiger partial charge is 0.268 e. The molecule has 1 aliphatic carbocycles. The summed E-state index contributed by atoms with van der Waals surface area (Å²) in [5.41, 5.74) is 0. The van der Waals surface area contributed by atoms with Crippen molar-refractivity contribution in [2.75, 3.05) is 0 Å². The van der Waals surface area contributed by atoms with Crippen LogP contribution >= 0.6 is 0 Å². The highest BCUT2D eigenvalue weighted by atomic mass is 19.3. The topological polar surface area (TPSA) is 17.8 Å². The third-order valence-electron chi connectivity index (χ3n) is 2.12. The highest BCUT2D eigenvalue weighted by Gasteiger charge is 2.49. The minimum atomic E-state index is -2.51. The van der Waals surface area contributed by atoms with Crippen molar-refractivity contribution >= 4 is 0 Å². The number of hydrogen-bond donors (Lipinski definition) is 0. The van der Waals surface area contributed by atoms with E-state index in [4.69, 9.17) is 0 Å². The van der Waals surface area contributed by atoms with E-state index in [1.807, 2.05) is 0 Å². The molecule has 0 aromatic carbocycles. The molecule has 0 saturated heterocycles. The molecule has 1 saturated carbocycles. The van der Waals surface area contributed by atoms with Crippen LogP contribution in [0.5, 0.6) is 0 Å². The van der Waals surface area contributed by atoms with E-state index in [-0.39, 0.29) is 6.42 Å². The van der Waals surface area contributed by atoms with Crippen LogP contribution in [0.2, 0.25) is 0 Å². The van der Waals surface area contributed by atoms with Crippen LogP contribution in [0.4, 0.5) is 8.78 Å². The largest absolute Gasteiger partial charge is 0.328 e. The Bertz CT molecular complexity index is 243. The van der Waals surface area contributed by atoms with Gasteiger partial charge in [0.1, 0.15) is 0 Å². The summed E-state index contributed by atoms with van der Waals surface area (Å²) in [4.78, 5) is 3.72. The van der Waals surface area contributed by atoms with E-state index in [2.05, 4.69) is 4.98 Å². The van der Waals surface area contributed by atoms with Crippen molar-refractivity contribution in [1.29, 1.82) is 0 Å². The Balaban J connectivity index is 2.20. The van der Waals surface area contributed by atoms with Crippen molar-refractivity contribution in [3.05, 3.63) is 18.7 Å². The molecule has 0 aliphatic heterocycles. The van der Waals surface area contributed by atoms with Gasteiger partial charge in [0.15, 0.2) is 0 Å². The zero-order valence-corrected chi connectivity index (χ0v) is 5.87. The van der Waals surface area contributed by atoms with Crippen LogP contribution in [0.1, 0.15) is 18.9 Å². The van der Waals surface area contributed by atoms with Crippen molar-refractivity contribution in [2.45, 2.75) is 24.8 Å². The minimum Gasteiger partial charge on any atom is -0.328 e. The Morgan fingerprint density at radius 1 is 1.55 bits per heavy atom. The Kier molecular flexibility index (Phi) is 1.25. The van der Waals surface area contributed by atoms with E-state index >= 15 is 0 Å². The van der Waals surface area contributed by atoms with Crippen LogP contribution in [-0.4, -0.2) is 15.5 Å². The van der Waals surface area contributed by atoms with Gasteiger partial charge in [-0.05, 0) is 6.42 Å². The molecule has 1 aliphatic rings. The van der Waals surface area contributed by atoms with Gasteiger partial charge in [0.25, 0.3) is 5.92 Å². The van der Waals surface area contributed by atoms with Gasteiger partial charge in [0.2, 0.25) is 0 Å². The highest BCUT2D eigenvalue weighted by molar-refractivity contribution is 4.95. The first-order valence-electron chi connectivity index (χ1n) is 3.55. The SMILES string of the molecule is FC1(F)CCC1n1ccnc1. The normalized spacial score (nSPS) is 28.0. The van der Waals surface area contributed by atoms with Crippen molar-refractivity contribution < 1.29 is 8.78 Å². The summed E-state index contributed by atoms with van der Waals surface area (Å²) in [6, 6.07) is -0.648. The fourth-order valence-electron chi connectivity index (χ4n) is 1.31. The van der Waals surface area contributed by atoms with Gasteiger partial charge < -0.3 is 4.57 Å². The molecule has 1 fully saturated rings. The maximum atomic E-state index is 12.7. The lowest BCUT2D eigenvalue weighted by molar-refractivity contribution is -0.122. The van der Waals surface area contributed by atoms with E-state index < -0.39 is 12.0 Å². The summed E-state index contributed by atoms with van der Waals surface area (Å²) in [6.45, 7) is 0. The second kappa shape index (κ2) is 2.03. The van der Waals surface area contributed by atoms with Gasteiger partial charge in [-0.15, -0.1) is 0 Å². The van der Waals surface area contributed by atoms with Gasteiger partial charge in [0, 0.05) is 18.8 Å². The molecule has 11 heavy (non-hydrogen) atoms. The number of alkyl halides is 2. The van der Waals surface area contributed by atoms with Crippen LogP contribution in [0.3, 0.4) is 0 Å². The Morgan fingerprint density at radius 2 is 2.36 bits per heavy atom. The lowest BCUT2D eigenvalue weighted by Gasteiger charge is -2.36. The molecule has 2 rings (SSSR count). The molecule has 0 amide bonds. The van der Waals surface area contributed by atoms with Crippen molar-refractivity contribution in [1.82, 2.24) is 9.55 Å². The third-order valence-corrected chi connectivity index (χ3v) is 2.12. The summed E-state index contributed by atoms with van der Waals surface area (Å²) in [5, 5.41) is 0. The first-order chi connectivity index (χ1) is 5.20. The first-order valence-corrected chi connectivity index (χ1v) is 3.55. The maximum absolute atomic E-state index is 12.7. The van der Waals surface area contributed by atoms with E-state index in [0.717, 1.165) is 0 Å². The molecule has 2 nitrogen and oxygen atoms in total. The summed E-state index contributed by atoms with van der Waals surface area (Å²) in [7, 11) is 0. The second-order valence-corrected chi connectivity index (χ2v) is 2.83. The molecule has 1 heterocycles. The second-order valence-electron chi connectivity index (χ2n) is 2.83. The molecule has 1 aromatic rings. The quantitative estimate of drug-likeness (QED) is 0.609. The minimum absolute atomic E-state index is 0.00977. The monoisotopic (exact) mass is 158 g/mol. The van der Waals surface area contributed by atoms with Gasteiger partial charge in [0.05, 0.1) is 12.4 Å². The van der Waals surface area contributed by atoms with Crippen molar-refractivity contribution in [2.24, 2.45) is 0 Å².